The maximum atomic E-state index is 12.4. The third-order valence-corrected chi connectivity index (χ3v) is 4.09. The van der Waals surface area contributed by atoms with Gasteiger partial charge in [-0.25, -0.2) is 9.97 Å². The fraction of sp³-hybridized carbons (Fsp3) is 0.190. The number of carbonyl (C=O) groups excluding carboxylic acids is 1. The Morgan fingerprint density at radius 1 is 1.04 bits per heavy atom. The van der Waals surface area contributed by atoms with Gasteiger partial charge in [0.1, 0.15) is 23.6 Å². The van der Waals surface area contributed by atoms with E-state index in [1.165, 1.54) is 11.9 Å². The molecule has 0 fully saturated rings. The van der Waals surface area contributed by atoms with Crippen LogP contribution < -0.4 is 15.4 Å². The summed E-state index contributed by atoms with van der Waals surface area (Å²) in [5.74, 6) is 1.11. The van der Waals surface area contributed by atoms with Crippen LogP contribution in [-0.2, 0) is 13.0 Å². The van der Waals surface area contributed by atoms with Crippen molar-refractivity contribution < 1.29 is 9.53 Å². The summed E-state index contributed by atoms with van der Waals surface area (Å²) in [6.45, 7) is 1.09. The third-order valence-electron chi connectivity index (χ3n) is 4.09. The van der Waals surface area contributed by atoms with E-state index in [0.29, 0.717) is 18.1 Å². The van der Waals surface area contributed by atoms with Gasteiger partial charge in [-0.05, 0) is 18.1 Å². The number of nitrogens with zero attached hydrogens (tertiary/aromatic N) is 2. The molecule has 1 heterocycles. The summed E-state index contributed by atoms with van der Waals surface area (Å²) >= 11 is 0. The Bertz CT molecular complexity index is 884. The highest BCUT2D eigenvalue weighted by Gasteiger charge is 2.10. The van der Waals surface area contributed by atoms with Crippen LogP contribution >= 0.6 is 0 Å². The van der Waals surface area contributed by atoms with Gasteiger partial charge < -0.3 is 15.4 Å². The minimum atomic E-state index is -0.255. The van der Waals surface area contributed by atoms with Gasteiger partial charge in [0.15, 0.2) is 0 Å². The number of aromatic nitrogens is 2. The van der Waals surface area contributed by atoms with E-state index in [0.717, 1.165) is 24.3 Å². The number of rotatable bonds is 8. The monoisotopic (exact) mass is 362 g/mol. The van der Waals surface area contributed by atoms with Crippen LogP contribution in [-0.4, -0.2) is 29.5 Å². The minimum Gasteiger partial charge on any atom is -0.496 e. The summed E-state index contributed by atoms with van der Waals surface area (Å²) in [5, 5.41) is 6.09. The van der Waals surface area contributed by atoms with Crippen LogP contribution in [0.15, 0.2) is 67.0 Å². The van der Waals surface area contributed by atoms with Gasteiger partial charge in [-0.2, -0.15) is 0 Å². The lowest BCUT2D eigenvalue weighted by Crippen LogP contribution is -2.24. The van der Waals surface area contributed by atoms with Crippen molar-refractivity contribution in [3.8, 4) is 5.75 Å². The fourth-order valence-electron chi connectivity index (χ4n) is 2.67. The number of benzene rings is 2. The van der Waals surface area contributed by atoms with Crippen molar-refractivity contribution in [2.24, 2.45) is 0 Å². The summed E-state index contributed by atoms with van der Waals surface area (Å²) in [6.07, 6.45) is 2.27. The first-order chi connectivity index (χ1) is 13.3. The number of hydrogen-bond donors (Lipinski definition) is 2. The van der Waals surface area contributed by atoms with Crippen molar-refractivity contribution in [1.29, 1.82) is 0 Å². The van der Waals surface area contributed by atoms with Crippen LogP contribution in [0.4, 0.5) is 5.82 Å². The second-order valence-corrected chi connectivity index (χ2v) is 5.95. The fourth-order valence-corrected chi connectivity index (χ4v) is 2.67. The lowest BCUT2D eigenvalue weighted by molar-refractivity contribution is 0.0945. The molecule has 3 aromatic rings. The minimum absolute atomic E-state index is 0.255. The van der Waals surface area contributed by atoms with E-state index in [-0.39, 0.29) is 5.91 Å². The van der Waals surface area contributed by atoms with E-state index >= 15 is 0 Å². The molecule has 0 aliphatic carbocycles. The molecular formula is C21H22N4O2. The lowest BCUT2D eigenvalue weighted by atomic mass is 10.1. The molecule has 2 N–H and O–H groups in total. The van der Waals surface area contributed by atoms with Gasteiger partial charge in [0.2, 0.25) is 0 Å². The van der Waals surface area contributed by atoms with Crippen LogP contribution in [0.2, 0.25) is 0 Å². The predicted molar refractivity (Wildman–Crippen MR) is 105 cm³/mol. The Morgan fingerprint density at radius 2 is 1.81 bits per heavy atom. The first-order valence-corrected chi connectivity index (χ1v) is 8.76. The van der Waals surface area contributed by atoms with Crippen LogP contribution in [0.5, 0.6) is 5.75 Å². The molecular weight excluding hydrogens is 340 g/mol. The summed E-state index contributed by atoms with van der Waals surface area (Å²) in [7, 11) is 1.61. The molecule has 2 aromatic carbocycles. The quantitative estimate of drug-likeness (QED) is 0.644. The number of methoxy groups -OCH3 is 1. The Hall–Kier alpha value is -3.41. The van der Waals surface area contributed by atoms with Gasteiger partial charge in [0, 0.05) is 24.7 Å². The average Bonchev–Trinajstić information content (AvgIpc) is 2.73. The van der Waals surface area contributed by atoms with Crippen molar-refractivity contribution >= 4 is 11.7 Å². The Balaban J connectivity index is 1.55. The van der Waals surface area contributed by atoms with E-state index in [4.69, 9.17) is 4.74 Å². The molecule has 6 nitrogen and oxygen atoms in total. The highest BCUT2D eigenvalue weighted by atomic mass is 16.5. The smallest absolute Gasteiger partial charge is 0.270 e. The van der Waals surface area contributed by atoms with Crippen LogP contribution in [0.25, 0.3) is 0 Å². The van der Waals surface area contributed by atoms with Gasteiger partial charge >= 0.3 is 0 Å². The highest BCUT2D eigenvalue weighted by molar-refractivity contribution is 5.92. The van der Waals surface area contributed by atoms with Gasteiger partial charge in [0.05, 0.1) is 7.11 Å². The molecule has 0 saturated carbocycles. The number of anilines is 1. The Labute approximate surface area is 158 Å². The first-order valence-electron chi connectivity index (χ1n) is 8.76. The Morgan fingerprint density at radius 3 is 2.63 bits per heavy atom. The molecule has 3 rings (SSSR count). The molecule has 0 radical (unpaired) electrons. The van der Waals surface area contributed by atoms with Gasteiger partial charge in [-0.3, -0.25) is 4.79 Å². The molecule has 1 aromatic heterocycles. The SMILES string of the molecule is COc1ccccc1CNC(=O)c1cc(NCCc2ccccc2)ncn1. The van der Waals surface area contributed by atoms with E-state index in [2.05, 4.69) is 32.7 Å². The highest BCUT2D eigenvalue weighted by Crippen LogP contribution is 2.16. The molecule has 27 heavy (non-hydrogen) atoms. The average molecular weight is 362 g/mol. The number of ether oxygens (including phenoxy) is 1. The second-order valence-electron chi connectivity index (χ2n) is 5.95. The van der Waals surface area contributed by atoms with E-state index < -0.39 is 0 Å². The third kappa shape index (κ3) is 5.28. The summed E-state index contributed by atoms with van der Waals surface area (Å²) < 4.78 is 5.30. The summed E-state index contributed by atoms with van der Waals surface area (Å²) in [5.41, 5.74) is 2.47. The molecule has 0 aliphatic rings. The van der Waals surface area contributed by atoms with E-state index in [1.54, 1.807) is 13.2 Å². The van der Waals surface area contributed by atoms with Crippen LogP contribution in [0, 0.1) is 0 Å². The van der Waals surface area contributed by atoms with Gasteiger partial charge in [0.25, 0.3) is 5.91 Å². The van der Waals surface area contributed by atoms with Crippen molar-refractivity contribution in [1.82, 2.24) is 15.3 Å². The van der Waals surface area contributed by atoms with Gasteiger partial charge in [-0.1, -0.05) is 48.5 Å². The van der Waals surface area contributed by atoms with Crippen molar-refractivity contribution in [2.45, 2.75) is 13.0 Å². The number of amides is 1. The molecule has 0 aliphatic heterocycles. The largest absolute Gasteiger partial charge is 0.496 e. The van der Waals surface area contributed by atoms with Crippen LogP contribution in [0.3, 0.4) is 0 Å². The summed E-state index contributed by atoms with van der Waals surface area (Å²) in [6, 6.07) is 19.4. The number of nitrogens with one attached hydrogen (secondary N) is 2. The molecule has 0 atom stereocenters. The zero-order chi connectivity index (χ0) is 18.9. The topological polar surface area (TPSA) is 76.1 Å². The molecule has 0 saturated heterocycles. The zero-order valence-corrected chi connectivity index (χ0v) is 15.2. The normalized spacial score (nSPS) is 10.3. The Kier molecular flexibility index (Phi) is 6.35. The number of carbonyl (C=O) groups is 1. The van der Waals surface area contributed by atoms with Crippen molar-refractivity contribution in [3.63, 3.8) is 0 Å². The predicted octanol–water partition coefficient (Wildman–Crippen LogP) is 3.07. The number of para-hydroxylation sites is 1. The van der Waals surface area contributed by atoms with E-state index in [9.17, 15) is 4.79 Å². The van der Waals surface area contributed by atoms with Gasteiger partial charge in [-0.15, -0.1) is 0 Å². The van der Waals surface area contributed by atoms with Crippen molar-refractivity contribution in [2.75, 3.05) is 19.0 Å². The molecule has 1 amide bonds. The second kappa shape index (κ2) is 9.33. The molecule has 0 unspecified atom stereocenters. The summed E-state index contributed by atoms with van der Waals surface area (Å²) in [4.78, 5) is 20.6. The maximum absolute atomic E-state index is 12.4. The number of hydrogen-bond acceptors (Lipinski definition) is 5. The molecule has 0 bridgehead atoms. The molecule has 138 valence electrons. The lowest BCUT2D eigenvalue weighted by Gasteiger charge is -2.10. The standard InChI is InChI=1S/C21H22N4O2/c1-27-19-10-6-5-9-17(19)14-23-21(26)18-13-20(25-15-24-18)22-12-11-16-7-3-2-4-8-16/h2-10,13,15H,11-12,14H2,1H3,(H,23,26)(H,22,24,25). The molecule has 0 spiro atoms. The molecule has 6 heteroatoms. The maximum Gasteiger partial charge on any atom is 0.270 e. The first kappa shape index (κ1) is 18.4. The van der Waals surface area contributed by atoms with E-state index in [1.807, 2.05) is 42.5 Å². The van der Waals surface area contributed by atoms with Crippen LogP contribution in [0.1, 0.15) is 21.6 Å². The van der Waals surface area contributed by atoms with Crippen molar-refractivity contribution in [3.05, 3.63) is 83.8 Å². The zero-order valence-electron chi connectivity index (χ0n) is 15.2.